The highest BCUT2D eigenvalue weighted by atomic mass is 16.5. The first kappa shape index (κ1) is 19.0. The van der Waals surface area contributed by atoms with Gasteiger partial charge in [0.2, 0.25) is 5.91 Å². The molecule has 0 fully saturated rings. The number of hydrogen-bond acceptors (Lipinski definition) is 3. The molecule has 5 heteroatoms. The van der Waals surface area contributed by atoms with Crippen LogP contribution in [-0.2, 0) is 24.8 Å². The summed E-state index contributed by atoms with van der Waals surface area (Å²) >= 11 is 0. The number of aromatic nitrogens is 2. The summed E-state index contributed by atoms with van der Waals surface area (Å²) < 4.78 is 7.17. The van der Waals surface area contributed by atoms with Gasteiger partial charge in [0.15, 0.2) is 0 Å². The molecule has 0 saturated carbocycles. The number of carbonyl (C=O) groups is 1. The van der Waals surface area contributed by atoms with Gasteiger partial charge in [-0.25, -0.2) is 0 Å². The van der Waals surface area contributed by atoms with Gasteiger partial charge in [0.1, 0.15) is 5.75 Å². The van der Waals surface area contributed by atoms with E-state index >= 15 is 0 Å². The van der Waals surface area contributed by atoms with Crippen molar-refractivity contribution in [3.05, 3.63) is 46.3 Å². The molecule has 2 aromatic rings. The van der Waals surface area contributed by atoms with Gasteiger partial charge in [-0.15, -0.1) is 0 Å². The van der Waals surface area contributed by atoms with Crippen molar-refractivity contribution in [1.82, 2.24) is 14.7 Å². The highest BCUT2D eigenvalue weighted by Gasteiger charge is 2.21. The van der Waals surface area contributed by atoms with Gasteiger partial charge in [-0.2, -0.15) is 5.10 Å². The molecule has 0 radical (unpaired) electrons. The Labute approximate surface area is 150 Å². The smallest absolute Gasteiger partial charge is 0.227 e. The van der Waals surface area contributed by atoms with Crippen molar-refractivity contribution in [2.75, 3.05) is 7.11 Å². The van der Waals surface area contributed by atoms with E-state index in [0.717, 1.165) is 33.8 Å². The van der Waals surface area contributed by atoms with Crippen molar-refractivity contribution >= 4 is 5.91 Å². The van der Waals surface area contributed by atoms with Crippen LogP contribution in [0.25, 0.3) is 0 Å². The summed E-state index contributed by atoms with van der Waals surface area (Å²) in [6, 6.07) is 6.04. The van der Waals surface area contributed by atoms with Crippen LogP contribution in [-0.4, -0.2) is 33.7 Å². The van der Waals surface area contributed by atoms with Crippen LogP contribution in [0.4, 0.5) is 0 Å². The molecule has 1 heterocycles. The van der Waals surface area contributed by atoms with E-state index in [1.54, 1.807) is 7.11 Å². The molecule has 0 bridgehead atoms. The SMILES string of the molecule is COc1ccc(CC(=O)N(Cc2c(C)nn(C)c2C)C(C)C)cc1C. The Balaban J connectivity index is 2.19. The van der Waals surface area contributed by atoms with E-state index in [9.17, 15) is 4.79 Å². The Morgan fingerprint density at radius 3 is 2.44 bits per heavy atom. The molecule has 136 valence electrons. The van der Waals surface area contributed by atoms with E-state index in [1.807, 2.05) is 55.6 Å². The number of aryl methyl sites for hydroxylation is 3. The van der Waals surface area contributed by atoms with Gasteiger partial charge in [0.05, 0.1) is 19.2 Å². The van der Waals surface area contributed by atoms with Crippen LogP contribution in [0.15, 0.2) is 18.2 Å². The third kappa shape index (κ3) is 4.21. The fourth-order valence-electron chi connectivity index (χ4n) is 3.10. The van der Waals surface area contributed by atoms with E-state index < -0.39 is 0 Å². The van der Waals surface area contributed by atoms with Gasteiger partial charge in [-0.1, -0.05) is 12.1 Å². The molecule has 5 nitrogen and oxygen atoms in total. The lowest BCUT2D eigenvalue weighted by atomic mass is 10.1. The van der Waals surface area contributed by atoms with Gasteiger partial charge < -0.3 is 9.64 Å². The van der Waals surface area contributed by atoms with Crippen LogP contribution in [0.5, 0.6) is 5.75 Å². The number of methoxy groups -OCH3 is 1. The summed E-state index contributed by atoms with van der Waals surface area (Å²) in [6.45, 7) is 10.7. The predicted octanol–water partition coefficient (Wildman–Crippen LogP) is 3.33. The van der Waals surface area contributed by atoms with Crippen molar-refractivity contribution in [3.63, 3.8) is 0 Å². The fourth-order valence-corrected chi connectivity index (χ4v) is 3.10. The number of ether oxygens (including phenoxy) is 1. The number of rotatable bonds is 6. The predicted molar refractivity (Wildman–Crippen MR) is 99.8 cm³/mol. The van der Waals surface area contributed by atoms with Gasteiger partial charge in [0.25, 0.3) is 0 Å². The van der Waals surface area contributed by atoms with Crippen molar-refractivity contribution < 1.29 is 9.53 Å². The molecule has 0 atom stereocenters. The molecule has 2 rings (SSSR count). The van der Waals surface area contributed by atoms with Crippen LogP contribution >= 0.6 is 0 Å². The Kier molecular flexibility index (Phi) is 5.88. The molecule has 0 aliphatic heterocycles. The van der Waals surface area contributed by atoms with Crippen molar-refractivity contribution in [3.8, 4) is 5.75 Å². The standard InChI is InChI=1S/C20H29N3O2/c1-13(2)23(12-18-15(4)21-22(6)16(18)5)20(24)11-17-8-9-19(25-7)14(3)10-17/h8-10,13H,11-12H2,1-7H3. The maximum atomic E-state index is 12.9. The molecule has 0 aliphatic rings. The highest BCUT2D eigenvalue weighted by Crippen LogP contribution is 2.21. The summed E-state index contributed by atoms with van der Waals surface area (Å²) in [5, 5.41) is 4.46. The van der Waals surface area contributed by atoms with Crippen LogP contribution in [0.1, 0.15) is 41.9 Å². The van der Waals surface area contributed by atoms with E-state index in [-0.39, 0.29) is 11.9 Å². The van der Waals surface area contributed by atoms with Gasteiger partial charge in [-0.05, 0) is 51.8 Å². The lowest BCUT2D eigenvalue weighted by molar-refractivity contribution is -0.132. The van der Waals surface area contributed by atoms with E-state index in [0.29, 0.717) is 13.0 Å². The fraction of sp³-hybridized carbons (Fsp3) is 0.500. The number of amides is 1. The molecule has 0 aliphatic carbocycles. The highest BCUT2D eigenvalue weighted by molar-refractivity contribution is 5.79. The first-order valence-electron chi connectivity index (χ1n) is 8.66. The van der Waals surface area contributed by atoms with Crippen LogP contribution < -0.4 is 4.74 Å². The van der Waals surface area contributed by atoms with Crippen molar-refractivity contribution in [2.45, 2.75) is 53.6 Å². The molecular formula is C20H29N3O2. The largest absolute Gasteiger partial charge is 0.496 e. The minimum atomic E-state index is 0.127. The number of benzene rings is 1. The molecule has 1 aromatic carbocycles. The number of carbonyl (C=O) groups excluding carboxylic acids is 1. The second kappa shape index (κ2) is 7.72. The van der Waals surface area contributed by atoms with E-state index in [1.165, 1.54) is 0 Å². The average molecular weight is 343 g/mol. The van der Waals surface area contributed by atoms with Crippen LogP contribution in [0, 0.1) is 20.8 Å². The Hall–Kier alpha value is -2.30. The van der Waals surface area contributed by atoms with Crippen LogP contribution in [0.2, 0.25) is 0 Å². The quantitative estimate of drug-likeness (QED) is 0.808. The van der Waals surface area contributed by atoms with E-state index in [4.69, 9.17) is 4.74 Å². The average Bonchev–Trinajstić information content (AvgIpc) is 2.77. The van der Waals surface area contributed by atoms with Crippen LogP contribution in [0.3, 0.4) is 0 Å². The zero-order valence-electron chi connectivity index (χ0n) is 16.4. The Morgan fingerprint density at radius 1 is 1.28 bits per heavy atom. The van der Waals surface area contributed by atoms with Crippen molar-refractivity contribution in [2.24, 2.45) is 7.05 Å². The van der Waals surface area contributed by atoms with Gasteiger partial charge >= 0.3 is 0 Å². The second-order valence-electron chi connectivity index (χ2n) is 6.87. The summed E-state index contributed by atoms with van der Waals surface area (Å²) in [5.74, 6) is 0.973. The lowest BCUT2D eigenvalue weighted by Crippen LogP contribution is -2.37. The molecule has 0 saturated heterocycles. The van der Waals surface area contributed by atoms with E-state index in [2.05, 4.69) is 18.9 Å². The minimum Gasteiger partial charge on any atom is -0.496 e. The maximum absolute atomic E-state index is 12.9. The topological polar surface area (TPSA) is 47.4 Å². The number of hydrogen-bond donors (Lipinski definition) is 0. The van der Waals surface area contributed by atoms with Gasteiger partial charge in [0, 0.05) is 30.9 Å². The van der Waals surface area contributed by atoms with Crippen molar-refractivity contribution in [1.29, 1.82) is 0 Å². The third-order valence-corrected chi connectivity index (χ3v) is 4.75. The monoisotopic (exact) mass is 343 g/mol. The zero-order valence-corrected chi connectivity index (χ0v) is 16.4. The number of nitrogens with zero attached hydrogens (tertiary/aromatic N) is 3. The molecule has 1 amide bonds. The summed E-state index contributed by atoms with van der Waals surface area (Å²) in [4.78, 5) is 14.8. The third-order valence-electron chi connectivity index (χ3n) is 4.75. The lowest BCUT2D eigenvalue weighted by Gasteiger charge is -2.27. The Morgan fingerprint density at radius 2 is 1.96 bits per heavy atom. The minimum absolute atomic E-state index is 0.127. The Bertz CT molecular complexity index is 763. The first-order valence-corrected chi connectivity index (χ1v) is 8.66. The summed E-state index contributed by atoms with van der Waals surface area (Å²) in [6.07, 6.45) is 0.390. The second-order valence-corrected chi connectivity index (χ2v) is 6.87. The van der Waals surface area contributed by atoms with Gasteiger partial charge in [-0.3, -0.25) is 9.48 Å². The molecule has 0 unspecified atom stereocenters. The molecule has 0 spiro atoms. The summed E-state index contributed by atoms with van der Waals surface area (Å²) in [7, 11) is 3.60. The first-order chi connectivity index (χ1) is 11.7. The molecule has 25 heavy (non-hydrogen) atoms. The molecular weight excluding hydrogens is 314 g/mol. The maximum Gasteiger partial charge on any atom is 0.227 e. The normalized spacial score (nSPS) is 11.0. The summed E-state index contributed by atoms with van der Waals surface area (Å²) in [5.41, 5.74) is 5.28. The zero-order chi connectivity index (χ0) is 18.7. The molecule has 1 aromatic heterocycles. The molecule has 0 N–H and O–H groups in total.